The average molecular weight is 357 g/mol. The minimum absolute atomic E-state index is 0.0211. The number of carbonyl (C=O) groups excluding carboxylic acids is 2. The molecule has 2 rings (SSSR count). The van der Waals surface area contributed by atoms with Crippen LogP contribution in [0.1, 0.15) is 25.0 Å². The zero-order valence-electron chi connectivity index (χ0n) is 14.3. The van der Waals surface area contributed by atoms with E-state index in [-0.39, 0.29) is 17.7 Å². The van der Waals surface area contributed by atoms with E-state index < -0.39 is 0 Å². The van der Waals surface area contributed by atoms with E-state index in [1.807, 2.05) is 50.2 Å². The molecule has 0 aliphatic heterocycles. The number of hydrogen-bond acceptors (Lipinski definition) is 2. The molecule has 0 aliphatic rings. The molecule has 25 heavy (non-hydrogen) atoms. The molecule has 0 saturated carbocycles. The van der Waals surface area contributed by atoms with Crippen molar-refractivity contribution in [1.29, 1.82) is 0 Å². The normalized spacial score (nSPS) is 10.9. The van der Waals surface area contributed by atoms with E-state index in [1.165, 1.54) is 6.08 Å². The van der Waals surface area contributed by atoms with Crippen LogP contribution in [0.5, 0.6) is 0 Å². The highest BCUT2D eigenvalue weighted by molar-refractivity contribution is 6.30. The van der Waals surface area contributed by atoms with Gasteiger partial charge in [0.25, 0.3) is 0 Å². The molecule has 0 saturated heterocycles. The van der Waals surface area contributed by atoms with Gasteiger partial charge in [-0.3, -0.25) is 9.59 Å². The molecule has 0 spiro atoms. The molecular formula is C20H21ClN2O2. The summed E-state index contributed by atoms with van der Waals surface area (Å²) >= 11 is 5.90. The minimum atomic E-state index is -0.183. The van der Waals surface area contributed by atoms with Crippen molar-refractivity contribution < 1.29 is 9.59 Å². The maximum absolute atomic E-state index is 11.9. The SMILES string of the molecule is CC(C)C(=O)Nc1ccc(CNC(=O)/C=C/c2cccc(Cl)c2)cc1. The van der Waals surface area contributed by atoms with Crippen molar-refractivity contribution in [2.75, 3.05) is 5.32 Å². The molecule has 2 aromatic rings. The summed E-state index contributed by atoms with van der Waals surface area (Å²) in [4.78, 5) is 23.5. The molecule has 0 atom stereocenters. The molecule has 0 unspecified atom stereocenters. The van der Waals surface area contributed by atoms with Crippen LogP contribution in [-0.2, 0) is 16.1 Å². The lowest BCUT2D eigenvalue weighted by molar-refractivity contribution is -0.119. The van der Waals surface area contributed by atoms with Crippen molar-refractivity contribution in [1.82, 2.24) is 5.32 Å². The minimum Gasteiger partial charge on any atom is -0.348 e. The highest BCUT2D eigenvalue weighted by Crippen LogP contribution is 2.12. The number of hydrogen-bond donors (Lipinski definition) is 2. The first-order valence-electron chi connectivity index (χ1n) is 8.05. The van der Waals surface area contributed by atoms with Gasteiger partial charge in [0.1, 0.15) is 0 Å². The fraction of sp³-hybridized carbons (Fsp3) is 0.200. The number of nitrogens with one attached hydrogen (secondary N) is 2. The highest BCUT2D eigenvalue weighted by Gasteiger charge is 2.06. The fourth-order valence-electron chi connectivity index (χ4n) is 2.02. The van der Waals surface area contributed by atoms with E-state index in [4.69, 9.17) is 11.6 Å². The first kappa shape index (κ1) is 18.7. The Hall–Kier alpha value is -2.59. The fourth-order valence-corrected chi connectivity index (χ4v) is 2.22. The lowest BCUT2D eigenvalue weighted by Crippen LogP contribution is -2.20. The number of rotatable bonds is 6. The third-order valence-corrected chi connectivity index (χ3v) is 3.72. The molecule has 2 N–H and O–H groups in total. The summed E-state index contributed by atoms with van der Waals surface area (Å²) in [5.74, 6) is -0.269. The van der Waals surface area contributed by atoms with E-state index in [0.717, 1.165) is 16.8 Å². The quantitative estimate of drug-likeness (QED) is 0.759. The van der Waals surface area contributed by atoms with Crippen molar-refractivity contribution in [3.8, 4) is 0 Å². The van der Waals surface area contributed by atoms with Crippen LogP contribution in [0.15, 0.2) is 54.6 Å². The Balaban J connectivity index is 1.84. The van der Waals surface area contributed by atoms with E-state index in [1.54, 1.807) is 18.2 Å². The molecule has 130 valence electrons. The molecule has 0 heterocycles. The summed E-state index contributed by atoms with van der Waals surface area (Å²) in [6, 6.07) is 14.7. The van der Waals surface area contributed by atoms with Gasteiger partial charge in [-0.15, -0.1) is 0 Å². The van der Waals surface area contributed by atoms with Gasteiger partial charge in [-0.05, 0) is 41.5 Å². The number of amides is 2. The predicted octanol–water partition coefficient (Wildman–Crippen LogP) is 4.26. The van der Waals surface area contributed by atoms with Crippen LogP contribution in [0.2, 0.25) is 5.02 Å². The molecule has 0 aliphatic carbocycles. The Bertz CT molecular complexity index is 768. The average Bonchev–Trinajstić information content (AvgIpc) is 2.59. The van der Waals surface area contributed by atoms with Gasteiger partial charge < -0.3 is 10.6 Å². The van der Waals surface area contributed by atoms with Crippen molar-refractivity contribution in [3.05, 3.63) is 70.8 Å². The van der Waals surface area contributed by atoms with Gasteiger partial charge in [0.2, 0.25) is 11.8 Å². The molecule has 0 bridgehead atoms. The molecule has 0 aromatic heterocycles. The predicted molar refractivity (Wildman–Crippen MR) is 102 cm³/mol. The first-order chi connectivity index (χ1) is 11.9. The number of anilines is 1. The second-order valence-electron chi connectivity index (χ2n) is 5.95. The molecule has 2 amide bonds. The second kappa shape index (κ2) is 9.04. The third-order valence-electron chi connectivity index (χ3n) is 3.49. The number of halogens is 1. The monoisotopic (exact) mass is 356 g/mol. The summed E-state index contributed by atoms with van der Waals surface area (Å²) in [7, 11) is 0. The summed E-state index contributed by atoms with van der Waals surface area (Å²) in [5, 5.41) is 6.28. The van der Waals surface area contributed by atoms with E-state index in [0.29, 0.717) is 11.6 Å². The largest absolute Gasteiger partial charge is 0.348 e. The Labute approximate surface area is 152 Å². The van der Waals surface area contributed by atoms with Crippen LogP contribution >= 0.6 is 11.6 Å². The summed E-state index contributed by atoms with van der Waals surface area (Å²) in [6.07, 6.45) is 3.19. The third kappa shape index (κ3) is 6.43. The smallest absolute Gasteiger partial charge is 0.244 e. The van der Waals surface area contributed by atoms with Gasteiger partial charge in [-0.1, -0.05) is 49.7 Å². The summed E-state index contributed by atoms with van der Waals surface area (Å²) < 4.78 is 0. The van der Waals surface area contributed by atoms with Gasteiger partial charge in [-0.25, -0.2) is 0 Å². The Morgan fingerprint density at radius 3 is 2.48 bits per heavy atom. The van der Waals surface area contributed by atoms with Crippen molar-refractivity contribution in [2.24, 2.45) is 5.92 Å². The Morgan fingerprint density at radius 1 is 1.12 bits per heavy atom. The van der Waals surface area contributed by atoms with Gasteiger partial charge >= 0.3 is 0 Å². The molecule has 0 fully saturated rings. The van der Waals surface area contributed by atoms with Gasteiger partial charge in [0, 0.05) is 29.2 Å². The molecule has 0 radical (unpaired) electrons. The first-order valence-corrected chi connectivity index (χ1v) is 8.43. The summed E-state index contributed by atoms with van der Waals surface area (Å²) in [5.41, 5.74) is 2.56. The van der Waals surface area contributed by atoms with Gasteiger partial charge in [-0.2, -0.15) is 0 Å². The number of benzene rings is 2. The van der Waals surface area contributed by atoms with Crippen LogP contribution in [0.4, 0.5) is 5.69 Å². The zero-order chi connectivity index (χ0) is 18.2. The van der Waals surface area contributed by atoms with Crippen LogP contribution in [0, 0.1) is 5.92 Å². The van der Waals surface area contributed by atoms with Crippen LogP contribution in [-0.4, -0.2) is 11.8 Å². The van der Waals surface area contributed by atoms with Crippen LogP contribution in [0.25, 0.3) is 6.08 Å². The topological polar surface area (TPSA) is 58.2 Å². The van der Waals surface area contributed by atoms with E-state index >= 15 is 0 Å². The molecular weight excluding hydrogens is 336 g/mol. The van der Waals surface area contributed by atoms with Gasteiger partial charge in [0.05, 0.1) is 0 Å². The second-order valence-corrected chi connectivity index (χ2v) is 6.38. The Kier molecular flexibility index (Phi) is 6.78. The zero-order valence-corrected chi connectivity index (χ0v) is 15.0. The van der Waals surface area contributed by atoms with Crippen LogP contribution < -0.4 is 10.6 Å². The lowest BCUT2D eigenvalue weighted by atomic mass is 10.1. The van der Waals surface area contributed by atoms with Crippen molar-refractivity contribution in [3.63, 3.8) is 0 Å². The van der Waals surface area contributed by atoms with Crippen LogP contribution in [0.3, 0.4) is 0 Å². The standard InChI is InChI=1S/C20H21ClN2O2/c1-14(2)20(25)23-18-9-6-16(7-10-18)13-22-19(24)11-8-15-4-3-5-17(21)12-15/h3-12,14H,13H2,1-2H3,(H,22,24)(H,23,25)/b11-8+. The van der Waals surface area contributed by atoms with E-state index in [9.17, 15) is 9.59 Å². The maximum Gasteiger partial charge on any atom is 0.244 e. The lowest BCUT2D eigenvalue weighted by Gasteiger charge is -2.08. The number of carbonyl (C=O) groups is 2. The highest BCUT2D eigenvalue weighted by atomic mass is 35.5. The summed E-state index contributed by atoms with van der Waals surface area (Å²) in [6.45, 7) is 4.10. The van der Waals surface area contributed by atoms with Crippen molar-refractivity contribution in [2.45, 2.75) is 20.4 Å². The molecule has 5 heteroatoms. The molecule has 2 aromatic carbocycles. The van der Waals surface area contributed by atoms with E-state index in [2.05, 4.69) is 10.6 Å². The van der Waals surface area contributed by atoms with Crippen molar-refractivity contribution >= 4 is 35.2 Å². The maximum atomic E-state index is 11.9. The Morgan fingerprint density at radius 2 is 1.84 bits per heavy atom. The van der Waals surface area contributed by atoms with Gasteiger partial charge in [0.15, 0.2) is 0 Å². The molecule has 4 nitrogen and oxygen atoms in total.